The fourth-order valence-corrected chi connectivity index (χ4v) is 8.60. The van der Waals surface area contributed by atoms with Crippen LogP contribution in [0.25, 0.3) is 0 Å². The first-order valence-corrected chi connectivity index (χ1v) is 30.4. The van der Waals surface area contributed by atoms with Crippen LogP contribution < -0.4 is 0 Å². The van der Waals surface area contributed by atoms with Gasteiger partial charge in [-0.2, -0.15) is 0 Å². The summed E-state index contributed by atoms with van der Waals surface area (Å²) in [4.78, 5) is 38.2. The quantitative estimate of drug-likeness (QED) is 0.0261. The van der Waals surface area contributed by atoms with E-state index in [1.54, 1.807) is 0 Å². The summed E-state index contributed by atoms with van der Waals surface area (Å²) in [5.41, 5.74) is 0. The minimum atomic E-state index is -0.787. The van der Waals surface area contributed by atoms with E-state index >= 15 is 0 Å². The van der Waals surface area contributed by atoms with Crippen LogP contribution in [-0.4, -0.2) is 37.2 Å². The molecule has 1 unspecified atom stereocenters. The van der Waals surface area contributed by atoms with Crippen LogP contribution in [0.3, 0.4) is 0 Å². The highest BCUT2D eigenvalue weighted by atomic mass is 16.6. The summed E-state index contributed by atoms with van der Waals surface area (Å²) < 4.78 is 16.9. The third-order valence-corrected chi connectivity index (χ3v) is 13.2. The molecule has 0 fully saturated rings. The van der Waals surface area contributed by atoms with E-state index in [1.165, 1.54) is 161 Å². The lowest BCUT2D eigenvalue weighted by Crippen LogP contribution is -2.30. The van der Waals surface area contributed by atoms with Gasteiger partial charge in [0.05, 0.1) is 0 Å². The van der Waals surface area contributed by atoms with Crippen LogP contribution in [0.5, 0.6) is 0 Å². The molecule has 0 bridgehead atoms. The molecule has 0 N–H and O–H groups in total. The summed E-state index contributed by atoms with van der Waals surface area (Å²) in [6, 6.07) is 0. The second-order valence-electron chi connectivity index (χ2n) is 20.2. The number of hydrogen-bond acceptors (Lipinski definition) is 6. The molecule has 0 spiro atoms. The average Bonchev–Trinajstić information content (AvgIpc) is 3.37. The number of rotatable bonds is 55. The van der Waals surface area contributed by atoms with Gasteiger partial charge in [0, 0.05) is 19.3 Å². The Morgan fingerprint density at radius 3 is 0.873 bits per heavy atom. The Hall–Kier alpha value is -3.15. The summed E-state index contributed by atoms with van der Waals surface area (Å²) in [7, 11) is 0. The Morgan fingerprint density at radius 1 is 0.296 bits per heavy atom. The number of carbonyl (C=O) groups is 3. The first-order chi connectivity index (χ1) is 35.0. The molecule has 71 heavy (non-hydrogen) atoms. The van der Waals surface area contributed by atoms with Crippen molar-refractivity contribution in [3.63, 3.8) is 0 Å². The molecule has 1 atom stereocenters. The number of carbonyl (C=O) groups excluding carboxylic acids is 3. The van der Waals surface area contributed by atoms with E-state index in [0.29, 0.717) is 19.3 Å². The Balaban J connectivity index is 4.38. The van der Waals surface area contributed by atoms with Crippen molar-refractivity contribution in [3.05, 3.63) is 72.9 Å². The molecule has 0 saturated carbocycles. The van der Waals surface area contributed by atoms with E-state index in [9.17, 15) is 14.4 Å². The summed E-state index contributed by atoms with van der Waals surface area (Å²) in [5.74, 6) is -0.899. The van der Waals surface area contributed by atoms with Gasteiger partial charge >= 0.3 is 17.9 Å². The molecule has 0 rings (SSSR count). The maximum atomic E-state index is 12.9. The van der Waals surface area contributed by atoms with Gasteiger partial charge in [0.15, 0.2) is 6.10 Å². The minimum Gasteiger partial charge on any atom is -0.462 e. The highest BCUT2D eigenvalue weighted by molar-refractivity contribution is 5.71. The summed E-state index contributed by atoms with van der Waals surface area (Å²) in [6.45, 7) is 6.52. The largest absolute Gasteiger partial charge is 0.462 e. The van der Waals surface area contributed by atoms with Gasteiger partial charge in [0.2, 0.25) is 0 Å². The van der Waals surface area contributed by atoms with Crippen LogP contribution >= 0.6 is 0 Å². The molecule has 0 aromatic rings. The second-order valence-corrected chi connectivity index (χ2v) is 20.2. The molecule has 0 aliphatic rings. The number of allylic oxidation sites excluding steroid dienone is 12. The van der Waals surface area contributed by atoms with Crippen molar-refractivity contribution in [2.75, 3.05) is 13.2 Å². The predicted molar refractivity (Wildman–Crippen MR) is 307 cm³/mol. The lowest BCUT2D eigenvalue weighted by Gasteiger charge is -2.18. The summed E-state index contributed by atoms with van der Waals surface area (Å²) in [6.07, 6.45) is 76.1. The van der Waals surface area contributed by atoms with Crippen LogP contribution in [0, 0.1) is 0 Å². The summed E-state index contributed by atoms with van der Waals surface area (Å²) in [5, 5.41) is 0. The Labute approximate surface area is 440 Å². The highest BCUT2D eigenvalue weighted by Gasteiger charge is 2.19. The molecule has 6 heteroatoms. The van der Waals surface area contributed by atoms with Crippen molar-refractivity contribution < 1.29 is 28.6 Å². The van der Waals surface area contributed by atoms with Gasteiger partial charge in [-0.3, -0.25) is 14.4 Å². The van der Waals surface area contributed by atoms with Gasteiger partial charge in [0.1, 0.15) is 13.2 Å². The van der Waals surface area contributed by atoms with Crippen molar-refractivity contribution in [1.82, 2.24) is 0 Å². The number of esters is 3. The van der Waals surface area contributed by atoms with Gasteiger partial charge in [-0.25, -0.2) is 0 Å². The molecule has 410 valence electrons. The maximum absolute atomic E-state index is 12.9. The van der Waals surface area contributed by atoms with Gasteiger partial charge in [-0.1, -0.05) is 248 Å². The first kappa shape index (κ1) is 67.8. The van der Waals surface area contributed by atoms with Crippen molar-refractivity contribution in [2.45, 2.75) is 309 Å². The maximum Gasteiger partial charge on any atom is 0.306 e. The monoisotopic (exact) mass is 991 g/mol. The predicted octanol–water partition coefficient (Wildman–Crippen LogP) is 20.5. The van der Waals surface area contributed by atoms with Gasteiger partial charge in [-0.05, 0) is 109 Å². The van der Waals surface area contributed by atoms with Crippen molar-refractivity contribution in [1.29, 1.82) is 0 Å². The first-order valence-electron chi connectivity index (χ1n) is 30.4. The molecule has 0 radical (unpaired) electrons. The third-order valence-electron chi connectivity index (χ3n) is 13.2. The van der Waals surface area contributed by atoms with Crippen LogP contribution in [0.1, 0.15) is 303 Å². The minimum absolute atomic E-state index is 0.0841. The van der Waals surface area contributed by atoms with E-state index in [4.69, 9.17) is 14.2 Å². The third kappa shape index (κ3) is 57.6. The van der Waals surface area contributed by atoms with E-state index in [-0.39, 0.29) is 31.1 Å². The molecular formula is C65H114O6. The Morgan fingerprint density at radius 2 is 0.549 bits per heavy atom. The van der Waals surface area contributed by atoms with Crippen molar-refractivity contribution in [3.8, 4) is 0 Å². The van der Waals surface area contributed by atoms with Gasteiger partial charge in [-0.15, -0.1) is 0 Å². The number of ether oxygens (including phenoxy) is 3. The molecular weight excluding hydrogens is 877 g/mol. The topological polar surface area (TPSA) is 78.9 Å². The SMILES string of the molecule is CC/C=C\C/C=C\C/C=C\CCCCCCCC(=O)OCC(COC(=O)CCCCCCCCCCC/C=C\C/C=C\CCCCCCC)OC(=O)CCCCCCCCC/C=C\CCCCCCCC. The number of hydrogen-bond donors (Lipinski definition) is 0. The molecule has 0 aliphatic heterocycles. The van der Waals surface area contributed by atoms with E-state index < -0.39 is 6.10 Å². The van der Waals surface area contributed by atoms with Crippen LogP contribution in [0.4, 0.5) is 0 Å². The van der Waals surface area contributed by atoms with E-state index in [2.05, 4.69) is 93.7 Å². The zero-order chi connectivity index (χ0) is 51.4. The fourth-order valence-electron chi connectivity index (χ4n) is 8.60. The molecule has 6 nitrogen and oxygen atoms in total. The van der Waals surface area contributed by atoms with Crippen LogP contribution in [0.15, 0.2) is 72.9 Å². The fraction of sp³-hybridized carbons (Fsp3) is 0.769. The lowest BCUT2D eigenvalue weighted by atomic mass is 10.1. The average molecular weight is 992 g/mol. The smallest absolute Gasteiger partial charge is 0.306 e. The zero-order valence-corrected chi connectivity index (χ0v) is 47.0. The molecule has 0 amide bonds. The van der Waals surface area contributed by atoms with Crippen molar-refractivity contribution >= 4 is 17.9 Å². The highest BCUT2D eigenvalue weighted by Crippen LogP contribution is 2.16. The van der Waals surface area contributed by atoms with Crippen molar-refractivity contribution in [2.24, 2.45) is 0 Å². The Kier molecular flexibility index (Phi) is 56.8. The van der Waals surface area contributed by atoms with Gasteiger partial charge < -0.3 is 14.2 Å². The normalized spacial score (nSPS) is 12.5. The van der Waals surface area contributed by atoms with Crippen LogP contribution in [-0.2, 0) is 28.6 Å². The molecule has 0 aromatic carbocycles. The second kappa shape index (κ2) is 59.4. The standard InChI is InChI=1S/C65H114O6/c1-4-7-10-13-16-19-22-25-28-30-31-32-33-35-37-40-43-46-49-52-55-58-64(67)70-61-62(60-69-63(66)57-54-51-48-45-42-39-36-27-24-21-18-15-12-9-6-3)71-65(68)59-56-53-50-47-44-41-38-34-29-26-23-20-17-14-11-8-5-2/h9,12,18,21-22,25-27,29-31,36,62H,4-8,10-11,13-17,19-20,23-24,28,32-35,37-61H2,1-3H3/b12-9-,21-18-,25-22-,29-26-,31-30-,36-27-. The van der Waals surface area contributed by atoms with E-state index in [1.807, 2.05) is 0 Å². The number of unbranched alkanes of at least 4 members (excludes halogenated alkanes) is 32. The van der Waals surface area contributed by atoms with Crippen LogP contribution in [0.2, 0.25) is 0 Å². The summed E-state index contributed by atoms with van der Waals surface area (Å²) >= 11 is 0. The molecule has 0 heterocycles. The lowest BCUT2D eigenvalue weighted by molar-refractivity contribution is -0.167. The zero-order valence-electron chi connectivity index (χ0n) is 47.0. The Bertz CT molecular complexity index is 1320. The van der Waals surface area contributed by atoms with Gasteiger partial charge in [0.25, 0.3) is 0 Å². The molecule has 0 saturated heterocycles. The molecule has 0 aliphatic carbocycles. The van der Waals surface area contributed by atoms with E-state index in [0.717, 1.165) is 103 Å². The molecule has 0 aromatic heterocycles.